The molecule has 4 aromatic rings. The first-order valence-corrected chi connectivity index (χ1v) is 11.1. The summed E-state index contributed by atoms with van der Waals surface area (Å²) in [5.74, 6) is -0.580. The lowest BCUT2D eigenvalue weighted by Crippen LogP contribution is -2.36. The fourth-order valence-corrected chi connectivity index (χ4v) is 4.37. The highest BCUT2D eigenvalue weighted by atomic mass is 16.6. The molecule has 3 heterocycles. The number of nitrogens with two attached hydrogens (primary N) is 2. The highest BCUT2D eigenvalue weighted by molar-refractivity contribution is 6.18. The van der Waals surface area contributed by atoms with Crippen molar-refractivity contribution in [2.45, 2.75) is 38.0 Å². The number of hydrogen-bond donors (Lipinski definition) is 5. The van der Waals surface area contributed by atoms with Crippen LogP contribution in [0, 0.1) is 5.92 Å². The number of nitrogens with zero attached hydrogens (tertiary/aromatic N) is 3. The average Bonchev–Trinajstić information content (AvgIpc) is 3.59. The highest BCUT2D eigenvalue weighted by Crippen LogP contribution is 2.40. The third kappa shape index (κ3) is 4.13. The van der Waals surface area contributed by atoms with Gasteiger partial charge in [0.25, 0.3) is 5.91 Å². The molecule has 34 heavy (non-hydrogen) atoms. The van der Waals surface area contributed by atoms with Crippen molar-refractivity contribution in [1.29, 1.82) is 0 Å². The number of carbonyl (C=O) groups excluding carboxylic acids is 1. The van der Waals surface area contributed by atoms with E-state index in [1.807, 2.05) is 18.2 Å². The summed E-state index contributed by atoms with van der Waals surface area (Å²) in [6, 6.07) is 5.85. The normalized spacial score (nSPS) is 16.4. The van der Waals surface area contributed by atoms with Crippen LogP contribution in [-0.4, -0.2) is 49.9 Å². The predicted molar refractivity (Wildman–Crippen MR) is 130 cm³/mol. The van der Waals surface area contributed by atoms with Crippen LogP contribution < -0.4 is 16.8 Å². The van der Waals surface area contributed by atoms with E-state index in [0.717, 1.165) is 40.3 Å². The summed E-state index contributed by atoms with van der Waals surface area (Å²) < 4.78 is 5.25. The van der Waals surface area contributed by atoms with E-state index in [4.69, 9.17) is 16.2 Å². The van der Waals surface area contributed by atoms with E-state index in [1.54, 1.807) is 19.3 Å². The Labute approximate surface area is 195 Å². The van der Waals surface area contributed by atoms with Crippen LogP contribution in [0.25, 0.3) is 32.9 Å². The number of rotatable bonds is 8. The quantitative estimate of drug-likeness (QED) is 0.250. The number of nitrogen functional groups attached to an aromatic ring is 1. The van der Waals surface area contributed by atoms with Gasteiger partial charge in [-0.15, -0.1) is 0 Å². The third-order valence-electron chi connectivity index (χ3n) is 6.45. The van der Waals surface area contributed by atoms with Crippen LogP contribution in [-0.2, 0) is 4.74 Å². The van der Waals surface area contributed by atoms with Crippen molar-refractivity contribution in [3.63, 3.8) is 0 Å². The smallest absolute Gasteiger partial charge is 0.252 e. The molecule has 1 amide bonds. The van der Waals surface area contributed by atoms with Crippen LogP contribution in [0.2, 0.25) is 0 Å². The molecular weight excluding hydrogens is 434 g/mol. The monoisotopic (exact) mass is 461 g/mol. The number of methoxy groups -OCH3 is 1. The standard InChI is InChI=1S/C24H27N7O3/c1-24(33,34-2)8-18(12-3-4-12)31-22-19-15-6-5-13(14-9-28-23(26)29-10-14)7-17(15)30-20(19)16(11-27-22)21(25)32/h5-7,9-12,18,30,33H,3-4,8H2,1-2H3,(H2,25,32)(H,27,31)(H2,26,28,29). The van der Waals surface area contributed by atoms with Gasteiger partial charge in [-0.05, 0) is 37.3 Å². The minimum Gasteiger partial charge on any atom is -0.368 e. The molecule has 0 bridgehead atoms. The summed E-state index contributed by atoms with van der Waals surface area (Å²) in [6.07, 6.45) is 7.35. The van der Waals surface area contributed by atoms with Crippen LogP contribution in [0.1, 0.15) is 36.5 Å². The Kier molecular flexibility index (Phi) is 5.34. The maximum Gasteiger partial charge on any atom is 0.252 e. The number of anilines is 2. The number of carbonyl (C=O) groups is 1. The second-order valence-electron chi connectivity index (χ2n) is 9.02. The Bertz CT molecular complexity index is 1380. The van der Waals surface area contributed by atoms with Crippen LogP contribution in [0.15, 0.2) is 36.8 Å². The molecule has 7 N–H and O–H groups in total. The fourth-order valence-electron chi connectivity index (χ4n) is 4.37. The Morgan fingerprint density at radius 3 is 2.65 bits per heavy atom. The first kappa shape index (κ1) is 22.1. The average molecular weight is 462 g/mol. The number of nitrogens with one attached hydrogen (secondary N) is 2. The van der Waals surface area contributed by atoms with Gasteiger partial charge in [0.1, 0.15) is 5.82 Å². The Hall–Kier alpha value is -3.76. The second kappa shape index (κ2) is 8.23. The number of benzene rings is 1. The third-order valence-corrected chi connectivity index (χ3v) is 6.45. The number of aliphatic hydroxyl groups is 1. The molecule has 10 nitrogen and oxygen atoms in total. The SMILES string of the molecule is COC(C)(O)CC(Nc1ncc(C(N)=O)c2[nH]c3cc(-c4cnc(N)nc4)ccc3c12)C1CC1. The van der Waals surface area contributed by atoms with Gasteiger partial charge in [-0.1, -0.05) is 12.1 Å². The summed E-state index contributed by atoms with van der Waals surface area (Å²) in [5, 5.41) is 15.7. The van der Waals surface area contributed by atoms with Gasteiger partial charge < -0.3 is 31.6 Å². The molecule has 1 saturated carbocycles. The molecule has 2 atom stereocenters. The second-order valence-corrected chi connectivity index (χ2v) is 9.02. The van der Waals surface area contributed by atoms with Crippen molar-refractivity contribution in [1.82, 2.24) is 19.9 Å². The van der Waals surface area contributed by atoms with Crippen molar-refractivity contribution in [3.8, 4) is 11.1 Å². The largest absolute Gasteiger partial charge is 0.368 e. The Balaban J connectivity index is 1.62. The molecule has 0 radical (unpaired) electrons. The molecule has 0 saturated heterocycles. The van der Waals surface area contributed by atoms with E-state index >= 15 is 0 Å². The van der Waals surface area contributed by atoms with Gasteiger partial charge in [0.15, 0.2) is 5.79 Å². The lowest BCUT2D eigenvalue weighted by Gasteiger charge is -2.28. The zero-order valence-corrected chi connectivity index (χ0v) is 19.0. The molecule has 1 aromatic carbocycles. The van der Waals surface area contributed by atoms with E-state index in [1.165, 1.54) is 13.3 Å². The Morgan fingerprint density at radius 1 is 1.26 bits per heavy atom. The number of amides is 1. The minimum atomic E-state index is -1.26. The van der Waals surface area contributed by atoms with Gasteiger partial charge in [0.2, 0.25) is 5.95 Å². The predicted octanol–water partition coefficient (Wildman–Crippen LogP) is 2.79. The van der Waals surface area contributed by atoms with E-state index in [-0.39, 0.29) is 12.0 Å². The molecule has 1 fully saturated rings. The van der Waals surface area contributed by atoms with E-state index in [9.17, 15) is 9.90 Å². The summed E-state index contributed by atoms with van der Waals surface area (Å²) in [6.45, 7) is 1.65. The van der Waals surface area contributed by atoms with Gasteiger partial charge >= 0.3 is 0 Å². The number of fused-ring (bicyclic) bond motifs is 3. The summed E-state index contributed by atoms with van der Waals surface area (Å²) in [4.78, 5) is 28.2. The first-order chi connectivity index (χ1) is 16.3. The van der Waals surface area contributed by atoms with Crippen molar-refractivity contribution >= 4 is 39.5 Å². The van der Waals surface area contributed by atoms with Crippen molar-refractivity contribution in [2.75, 3.05) is 18.2 Å². The maximum atomic E-state index is 12.2. The molecule has 1 aliphatic rings. The molecule has 1 aliphatic carbocycles. The van der Waals surface area contributed by atoms with E-state index in [2.05, 4.69) is 25.3 Å². The fraction of sp³-hybridized carbons (Fsp3) is 0.333. The van der Waals surface area contributed by atoms with Gasteiger partial charge in [0.05, 0.1) is 16.5 Å². The first-order valence-electron chi connectivity index (χ1n) is 11.1. The zero-order chi connectivity index (χ0) is 24.0. The van der Waals surface area contributed by atoms with Gasteiger partial charge in [-0.25, -0.2) is 15.0 Å². The minimum absolute atomic E-state index is 0.0405. The van der Waals surface area contributed by atoms with Crippen molar-refractivity contribution in [3.05, 3.63) is 42.4 Å². The van der Waals surface area contributed by atoms with Crippen molar-refractivity contribution < 1.29 is 14.6 Å². The topological polar surface area (TPSA) is 165 Å². The van der Waals surface area contributed by atoms with Crippen LogP contribution in [0.4, 0.5) is 11.8 Å². The molecule has 2 unspecified atom stereocenters. The van der Waals surface area contributed by atoms with Crippen LogP contribution in [0.5, 0.6) is 0 Å². The number of primary amides is 1. The summed E-state index contributed by atoms with van der Waals surface area (Å²) >= 11 is 0. The Morgan fingerprint density at radius 2 is 2.00 bits per heavy atom. The lowest BCUT2D eigenvalue weighted by atomic mass is 10.0. The van der Waals surface area contributed by atoms with Crippen LogP contribution >= 0.6 is 0 Å². The molecular formula is C24H27N7O3. The summed E-state index contributed by atoms with van der Waals surface area (Å²) in [7, 11) is 1.49. The number of pyridine rings is 1. The van der Waals surface area contributed by atoms with Crippen LogP contribution in [0.3, 0.4) is 0 Å². The number of H-pyrrole nitrogens is 1. The van der Waals surface area contributed by atoms with Gasteiger partial charge in [-0.3, -0.25) is 4.79 Å². The van der Waals surface area contributed by atoms with Gasteiger partial charge in [-0.2, -0.15) is 0 Å². The highest BCUT2D eigenvalue weighted by Gasteiger charge is 2.37. The summed E-state index contributed by atoms with van der Waals surface area (Å²) in [5.41, 5.74) is 14.7. The molecule has 0 spiro atoms. The zero-order valence-electron chi connectivity index (χ0n) is 19.0. The van der Waals surface area contributed by atoms with Gasteiger partial charge in [0, 0.05) is 54.6 Å². The lowest BCUT2D eigenvalue weighted by molar-refractivity contribution is -0.177. The number of hydrogen-bond acceptors (Lipinski definition) is 8. The van der Waals surface area contributed by atoms with E-state index < -0.39 is 11.7 Å². The number of aromatic nitrogens is 4. The molecule has 10 heteroatoms. The molecule has 5 rings (SSSR count). The number of ether oxygens (including phenoxy) is 1. The van der Waals surface area contributed by atoms with Crippen molar-refractivity contribution in [2.24, 2.45) is 11.7 Å². The molecule has 176 valence electrons. The maximum absolute atomic E-state index is 12.2. The molecule has 3 aromatic heterocycles. The number of aromatic amines is 1. The van der Waals surface area contributed by atoms with E-state index in [0.29, 0.717) is 29.2 Å². The molecule has 0 aliphatic heterocycles.